The molecule has 4 rings (SSSR count). The maximum absolute atomic E-state index is 2.72. The average Bonchev–Trinajstić information content (AvgIpc) is 3.36. The monoisotopic (exact) mass is 564 g/mol. The molecule has 0 saturated heterocycles. The number of unbranched alkanes of at least 4 members (excludes halogenated alkanes) is 11. The summed E-state index contributed by atoms with van der Waals surface area (Å²) in [6, 6.07) is 33.5. The Morgan fingerprint density at radius 2 is 1.00 bits per heavy atom. The lowest BCUT2D eigenvalue weighted by atomic mass is 9.78. The lowest BCUT2D eigenvalue weighted by Crippen LogP contribution is -2.59. The van der Waals surface area contributed by atoms with Crippen molar-refractivity contribution >= 4 is 0 Å². The minimum absolute atomic E-state index is 0.148. The normalized spacial score (nSPS) is 17.2. The van der Waals surface area contributed by atoms with E-state index >= 15 is 0 Å². The van der Waals surface area contributed by atoms with Gasteiger partial charge in [-0.05, 0) is 29.5 Å². The molecule has 0 fully saturated rings. The maximum atomic E-state index is 2.72. The van der Waals surface area contributed by atoms with Crippen LogP contribution in [0.3, 0.4) is 0 Å². The standard InChI is InChI=1S/C40H56N2/c1-3-5-6-7-8-9-10-11-12-13-14-24-31-41-32-33-42(35-37-27-20-16-21-28-37)40(41,34-36-25-18-15-19-26-36)39(4-2)38-29-22-17-23-30-38/h15-23,25-30,32-33,39H,3-14,24,31,34-35H2,1-2H3. The van der Waals surface area contributed by atoms with E-state index in [0.717, 1.165) is 25.9 Å². The molecule has 0 aliphatic carbocycles. The molecule has 0 spiro atoms. The Hall–Kier alpha value is -3.00. The molecule has 3 aromatic carbocycles. The minimum Gasteiger partial charge on any atom is -0.353 e. The van der Waals surface area contributed by atoms with Crippen LogP contribution in [0.1, 0.15) is 120 Å². The Labute approximate surface area is 257 Å². The van der Waals surface area contributed by atoms with Gasteiger partial charge in [0.05, 0.1) is 0 Å². The van der Waals surface area contributed by atoms with Gasteiger partial charge in [0, 0.05) is 37.8 Å². The van der Waals surface area contributed by atoms with Gasteiger partial charge in [-0.1, -0.05) is 175 Å². The highest BCUT2D eigenvalue weighted by atomic mass is 15.4. The number of nitrogens with zero attached hydrogens (tertiary/aromatic N) is 2. The Morgan fingerprint density at radius 1 is 0.524 bits per heavy atom. The predicted molar refractivity (Wildman–Crippen MR) is 181 cm³/mol. The van der Waals surface area contributed by atoms with Crippen LogP contribution in [-0.4, -0.2) is 22.0 Å². The summed E-state index contributed by atoms with van der Waals surface area (Å²) in [7, 11) is 0. The first-order chi connectivity index (χ1) is 20.8. The smallest absolute Gasteiger partial charge is 0.123 e. The summed E-state index contributed by atoms with van der Waals surface area (Å²) in [4.78, 5) is 5.39. The number of hydrogen-bond acceptors (Lipinski definition) is 2. The molecule has 2 heteroatoms. The largest absolute Gasteiger partial charge is 0.353 e. The fraction of sp³-hybridized carbons (Fsp3) is 0.500. The molecule has 1 aliphatic rings. The molecular formula is C40H56N2. The third-order valence-corrected chi connectivity index (χ3v) is 9.34. The zero-order valence-electron chi connectivity index (χ0n) is 26.6. The van der Waals surface area contributed by atoms with Gasteiger partial charge in [0.15, 0.2) is 0 Å². The first-order valence-electron chi connectivity index (χ1n) is 17.1. The van der Waals surface area contributed by atoms with E-state index in [4.69, 9.17) is 0 Å². The van der Waals surface area contributed by atoms with Crippen LogP contribution in [0.5, 0.6) is 0 Å². The van der Waals surface area contributed by atoms with Crippen molar-refractivity contribution in [2.75, 3.05) is 6.54 Å². The SMILES string of the molecule is CCCCCCCCCCCCCCN1C=CN(Cc2ccccc2)C1(Cc1ccccc1)C(CC)c1ccccc1. The fourth-order valence-corrected chi connectivity index (χ4v) is 7.08. The van der Waals surface area contributed by atoms with Crippen LogP contribution in [0, 0.1) is 0 Å². The summed E-state index contributed by atoms with van der Waals surface area (Å²) < 4.78 is 0. The van der Waals surface area contributed by atoms with Crippen molar-refractivity contribution in [1.29, 1.82) is 0 Å². The van der Waals surface area contributed by atoms with Crippen LogP contribution < -0.4 is 0 Å². The Balaban J connectivity index is 1.46. The number of benzene rings is 3. The first-order valence-corrected chi connectivity index (χ1v) is 17.1. The summed E-state index contributed by atoms with van der Waals surface area (Å²) in [5, 5.41) is 0. The van der Waals surface area contributed by atoms with Crippen LogP contribution in [0.4, 0.5) is 0 Å². The molecule has 42 heavy (non-hydrogen) atoms. The second-order valence-electron chi connectivity index (χ2n) is 12.4. The van der Waals surface area contributed by atoms with Gasteiger partial charge in [0.25, 0.3) is 0 Å². The highest BCUT2D eigenvalue weighted by molar-refractivity contribution is 5.31. The molecule has 0 bridgehead atoms. The molecule has 1 heterocycles. The average molecular weight is 565 g/mol. The molecule has 2 nitrogen and oxygen atoms in total. The summed E-state index contributed by atoms with van der Waals surface area (Å²) >= 11 is 0. The van der Waals surface area contributed by atoms with Crippen molar-refractivity contribution in [3.63, 3.8) is 0 Å². The van der Waals surface area contributed by atoms with Gasteiger partial charge < -0.3 is 9.80 Å². The molecule has 0 aromatic heterocycles. The van der Waals surface area contributed by atoms with Crippen LogP contribution in [-0.2, 0) is 13.0 Å². The third kappa shape index (κ3) is 9.00. The lowest BCUT2D eigenvalue weighted by Gasteiger charge is -2.51. The minimum atomic E-state index is -0.148. The third-order valence-electron chi connectivity index (χ3n) is 9.34. The molecular weight excluding hydrogens is 508 g/mol. The molecule has 0 N–H and O–H groups in total. The van der Waals surface area contributed by atoms with Crippen LogP contribution in [0.2, 0.25) is 0 Å². The van der Waals surface area contributed by atoms with E-state index in [2.05, 4.69) is 127 Å². The van der Waals surface area contributed by atoms with E-state index in [1.54, 1.807) is 0 Å². The molecule has 0 radical (unpaired) electrons. The van der Waals surface area contributed by atoms with Gasteiger partial charge in [0.1, 0.15) is 5.66 Å². The molecule has 1 aliphatic heterocycles. The molecule has 2 atom stereocenters. The lowest BCUT2D eigenvalue weighted by molar-refractivity contribution is -0.00767. The van der Waals surface area contributed by atoms with Crippen molar-refractivity contribution in [2.45, 2.75) is 122 Å². The zero-order chi connectivity index (χ0) is 29.3. The predicted octanol–water partition coefficient (Wildman–Crippen LogP) is 11.1. The van der Waals surface area contributed by atoms with E-state index in [1.165, 1.54) is 93.7 Å². The molecule has 3 aromatic rings. The second kappa shape index (κ2) is 17.8. The quantitative estimate of drug-likeness (QED) is 0.126. The van der Waals surface area contributed by atoms with Gasteiger partial charge >= 0.3 is 0 Å². The van der Waals surface area contributed by atoms with Crippen molar-refractivity contribution in [3.8, 4) is 0 Å². The van der Waals surface area contributed by atoms with Crippen molar-refractivity contribution in [2.24, 2.45) is 0 Å². The zero-order valence-corrected chi connectivity index (χ0v) is 26.6. The molecule has 226 valence electrons. The van der Waals surface area contributed by atoms with Crippen molar-refractivity contribution < 1.29 is 0 Å². The van der Waals surface area contributed by atoms with Crippen LogP contribution >= 0.6 is 0 Å². The fourth-order valence-electron chi connectivity index (χ4n) is 7.08. The van der Waals surface area contributed by atoms with Gasteiger partial charge in [-0.3, -0.25) is 0 Å². The molecule has 2 unspecified atom stereocenters. The maximum Gasteiger partial charge on any atom is 0.123 e. The summed E-state index contributed by atoms with van der Waals surface area (Å²) in [5.74, 6) is 0.384. The first kappa shape index (κ1) is 31.9. The highest BCUT2D eigenvalue weighted by Gasteiger charge is 2.49. The van der Waals surface area contributed by atoms with E-state index in [0.29, 0.717) is 5.92 Å². The van der Waals surface area contributed by atoms with Gasteiger partial charge in [-0.25, -0.2) is 0 Å². The van der Waals surface area contributed by atoms with Crippen LogP contribution in [0.15, 0.2) is 103 Å². The van der Waals surface area contributed by atoms with E-state index in [-0.39, 0.29) is 5.66 Å². The van der Waals surface area contributed by atoms with Gasteiger partial charge in [-0.15, -0.1) is 0 Å². The van der Waals surface area contributed by atoms with Gasteiger partial charge in [0.2, 0.25) is 0 Å². The van der Waals surface area contributed by atoms with Crippen molar-refractivity contribution in [3.05, 3.63) is 120 Å². The Bertz CT molecular complexity index is 1130. The molecule has 0 amide bonds. The van der Waals surface area contributed by atoms with Crippen LogP contribution in [0.25, 0.3) is 0 Å². The van der Waals surface area contributed by atoms with E-state index in [1.807, 2.05) is 0 Å². The van der Waals surface area contributed by atoms with Gasteiger partial charge in [-0.2, -0.15) is 0 Å². The van der Waals surface area contributed by atoms with Crippen molar-refractivity contribution in [1.82, 2.24) is 9.80 Å². The highest BCUT2D eigenvalue weighted by Crippen LogP contribution is 2.45. The summed E-state index contributed by atoms with van der Waals surface area (Å²) in [5.41, 5.74) is 4.07. The molecule has 0 saturated carbocycles. The summed E-state index contributed by atoms with van der Waals surface area (Å²) in [6.07, 6.45) is 23.5. The Kier molecular flexibility index (Phi) is 13.6. The second-order valence-corrected chi connectivity index (χ2v) is 12.4. The van der Waals surface area contributed by atoms with E-state index < -0.39 is 0 Å². The summed E-state index contributed by atoms with van der Waals surface area (Å²) in [6.45, 7) is 6.71. The number of hydrogen-bond donors (Lipinski definition) is 0. The number of rotatable bonds is 20. The topological polar surface area (TPSA) is 6.48 Å². The Morgan fingerprint density at radius 3 is 1.55 bits per heavy atom. The van der Waals surface area contributed by atoms with E-state index in [9.17, 15) is 0 Å².